The summed E-state index contributed by atoms with van der Waals surface area (Å²) in [6.07, 6.45) is 1.80. The molecule has 0 atom stereocenters. The van der Waals surface area contributed by atoms with Crippen molar-refractivity contribution in [3.63, 3.8) is 0 Å². The number of hydrogen-bond acceptors (Lipinski definition) is 4. The first-order chi connectivity index (χ1) is 12.2. The van der Waals surface area contributed by atoms with Crippen molar-refractivity contribution >= 4 is 5.78 Å². The van der Waals surface area contributed by atoms with Gasteiger partial charge in [-0.1, -0.05) is 24.3 Å². The second-order valence-corrected chi connectivity index (χ2v) is 6.62. The zero-order valence-corrected chi connectivity index (χ0v) is 14.6. The maximum Gasteiger partial charge on any atom is 0.166 e. The molecular weight excluding hydrogens is 314 g/mol. The van der Waals surface area contributed by atoms with E-state index in [1.807, 2.05) is 36.4 Å². The smallest absolute Gasteiger partial charge is 0.166 e. The fourth-order valence-electron chi connectivity index (χ4n) is 3.35. The summed E-state index contributed by atoms with van der Waals surface area (Å²) in [7, 11) is 1.63. The van der Waals surface area contributed by atoms with Crippen molar-refractivity contribution < 1.29 is 14.6 Å². The number of rotatable bonds is 6. The average molecular weight is 339 g/mol. The molecule has 132 valence electrons. The summed E-state index contributed by atoms with van der Waals surface area (Å²) in [5, 5.41) is 9.10. The third kappa shape index (κ3) is 4.47. The molecule has 25 heavy (non-hydrogen) atoms. The molecule has 3 rings (SSSR count). The van der Waals surface area contributed by atoms with Crippen LogP contribution in [0.3, 0.4) is 0 Å². The summed E-state index contributed by atoms with van der Waals surface area (Å²) in [4.78, 5) is 15.0. The molecule has 2 aromatic rings. The first kappa shape index (κ1) is 17.6. The van der Waals surface area contributed by atoms with Crippen LogP contribution in [0.5, 0.6) is 5.75 Å². The van der Waals surface area contributed by atoms with Crippen LogP contribution >= 0.6 is 0 Å². The predicted octanol–water partition coefficient (Wildman–Crippen LogP) is 3.28. The fraction of sp³-hybridized carbons (Fsp3) is 0.381. The summed E-state index contributed by atoms with van der Waals surface area (Å²) in [5.74, 6) is 1.13. The lowest BCUT2D eigenvalue weighted by Crippen LogP contribution is -2.35. The molecule has 2 aromatic carbocycles. The van der Waals surface area contributed by atoms with Crippen LogP contribution in [0.2, 0.25) is 0 Å². The predicted molar refractivity (Wildman–Crippen MR) is 97.7 cm³/mol. The van der Waals surface area contributed by atoms with E-state index in [0.29, 0.717) is 0 Å². The van der Waals surface area contributed by atoms with Crippen LogP contribution < -0.4 is 4.74 Å². The molecule has 1 fully saturated rings. The number of benzene rings is 2. The number of nitrogens with zero attached hydrogens (tertiary/aromatic N) is 1. The molecule has 4 heteroatoms. The van der Waals surface area contributed by atoms with Crippen LogP contribution in [0.25, 0.3) is 0 Å². The van der Waals surface area contributed by atoms with Crippen molar-refractivity contribution in [2.75, 3.05) is 20.2 Å². The minimum atomic E-state index is 0.0825. The number of Topliss-reactive ketones (excluding diaryl/α,β-unsaturated/α-hetero) is 1. The van der Waals surface area contributed by atoms with Crippen molar-refractivity contribution in [1.82, 2.24) is 4.90 Å². The van der Waals surface area contributed by atoms with Gasteiger partial charge in [0.1, 0.15) is 5.75 Å². The molecule has 0 bridgehead atoms. The van der Waals surface area contributed by atoms with E-state index in [9.17, 15) is 4.79 Å². The number of likely N-dealkylation sites (tertiary alicyclic amines) is 1. The zero-order chi connectivity index (χ0) is 17.6. The number of piperidine rings is 1. The zero-order valence-electron chi connectivity index (χ0n) is 14.6. The molecular formula is C21H25NO3. The van der Waals surface area contributed by atoms with E-state index in [0.717, 1.165) is 49.4 Å². The van der Waals surface area contributed by atoms with Crippen LogP contribution in [0.4, 0.5) is 0 Å². The quantitative estimate of drug-likeness (QED) is 0.821. The van der Waals surface area contributed by atoms with Crippen LogP contribution in [0.1, 0.15) is 34.3 Å². The van der Waals surface area contributed by atoms with Gasteiger partial charge in [0.2, 0.25) is 0 Å². The highest BCUT2D eigenvalue weighted by Crippen LogP contribution is 2.24. The highest BCUT2D eigenvalue weighted by atomic mass is 16.5. The molecule has 1 heterocycles. The molecule has 0 radical (unpaired) electrons. The van der Waals surface area contributed by atoms with Crippen LogP contribution in [0.15, 0.2) is 48.5 Å². The lowest BCUT2D eigenvalue weighted by Gasteiger charge is -2.31. The monoisotopic (exact) mass is 339 g/mol. The second kappa shape index (κ2) is 8.28. The van der Waals surface area contributed by atoms with Crippen molar-refractivity contribution in [3.8, 4) is 5.75 Å². The molecule has 0 spiro atoms. The van der Waals surface area contributed by atoms with Crippen molar-refractivity contribution in [2.24, 2.45) is 5.92 Å². The molecule has 0 aliphatic carbocycles. The van der Waals surface area contributed by atoms with Gasteiger partial charge in [-0.25, -0.2) is 0 Å². The molecule has 1 saturated heterocycles. The topological polar surface area (TPSA) is 49.8 Å². The van der Waals surface area contributed by atoms with E-state index >= 15 is 0 Å². The number of hydrogen-bond donors (Lipinski definition) is 1. The number of aliphatic hydroxyl groups is 1. The average Bonchev–Trinajstić information content (AvgIpc) is 2.69. The van der Waals surface area contributed by atoms with Gasteiger partial charge in [0.15, 0.2) is 5.78 Å². The standard InChI is InChI=1S/C21H25NO3/c1-25-20-8-6-18(7-9-20)21(24)19-10-12-22(13-11-19)14-16-2-4-17(15-23)5-3-16/h2-9,19,23H,10-15H2,1H3. The first-order valence-electron chi connectivity index (χ1n) is 8.79. The van der Waals surface area contributed by atoms with Gasteiger partial charge >= 0.3 is 0 Å². The molecule has 1 aliphatic rings. The van der Waals surface area contributed by atoms with E-state index < -0.39 is 0 Å². The van der Waals surface area contributed by atoms with Crippen LogP contribution in [0, 0.1) is 5.92 Å². The van der Waals surface area contributed by atoms with Gasteiger partial charge < -0.3 is 9.84 Å². The lowest BCUT2D eigenvalue weighted by atomic mass is 9.88. The van der Waals surface area contributed by atoms with Gasteiger partial charge in [0, 0.05) is 18.0 Å². The van der Waals surface area contributed by atoms with Gasteiger partial charge in [-0.2, -0.15) is 0 Å². The largest absolute Gasteiger partial charge is 0.497 e. The maximum atomic E-state index is 12.7. The third-order valence-electron chi connectivity index (χ3n) is 4.94. The molecule has 0 amide bonds. The Morgan fingerprint density at radius 1 is 1.04 bits per heavy atom. The van der Waals surface area contributed by atoms with Gasteiger partial charge in [-0.05, 0) is 61.3 Å². The number of methoxy groups -OCH3 is 1. The Morgan fingerprint density at radius 2 is 1.64 bits per heavy atom. The molecule has 1 aliphatic heterocycles. The van der Waals surface area contributed by atoms with E-state index in [-0.39, 0.29) is 18.3 Å². The van der Waals surface area contributed by atoms with Crippen LogP contribution in [-0.4, -0.2) is 36.0 Å². The van der Waals surface area contributed by atoms with E-state index in [2.05, 4.69) is 17.0 Å². The molecule has 4 nitrogen and oxygen atoms in total. The molecule has 1 N–H and O–H groups in total. The Labute approximate surface area is 149 Å². The van der Waals surface area contributed by atoms with Gasteiger partial charge in [-0.3, -0.25) is 9.69 Å². The molecule has 0 aromatic heterocycles. The SMILES string of the molecule is COc1ccc(C(=O)C2CCN(Cc3ccc(CO)cc3)CC2)cc1. The van der Waals surface area contributed by atoms with Crippen molar-refractivity contribution in [1.29, 1.82) is 0 Å². The number of carbonyl (C=O) groups is 1. The summed E-state index contributed by atoms with van der Waals surface area (Å²) in [5.41, 5.74) is 2.96. The summed E-state index contributed by atoms with van der Waals surface area (Å²) >= 11 is 0. The van der Waals surface area contributed by atoms with Gasteiger partial charge in [-0.15, -0.1) is 0 Å². The summed E-state index contributed by atoms with van der Waals surface area (Å²) in [6, 6.07) is 15.5. The second-order valence-electron chi connectivity index (χ2n) is 6.62. The number of carbonyl (C=O) groups excluding carboxylic acids is 1. The fourth-order valence-corrected chi connectivity index (χ4v) is 3.35. The summed E-state index contributed by atoms with van der Waals surface area (Å²) in [6.45, 7) is 2.86. The molecule has 0 unspecified atom stereocenters. The minimum Gasteiger partial charge on any atom is -0.497 e. The van der Waals surface area contributed by atoms with E-state index in [1.165, 1.54) is 5.56 Å². The Kier molecular flexibility index (Phi) is 5.84. The molecule has 0 saturated carbocycles. The third-order valence-corrected chi connectivity index (χ3v) is 4.94. The van der Waals surface area contributed by atoms with E-state index in [4.69, 9.17) is 9.84 Å². The maximum absolute atomic E-state index is 12.7. The highest BCUT2D eigenvalue weighted by Gasteiger charge is 2.25. The summed E-state index contributed by atoms with van der Waals surface area (Å²) < 4.78 is 5.15. The first-order valence-corrected chi connectivity index (χ1v) is 8.79. The van der Waals surface area contributed by atoms with E-state index in [1.54, 1.807) is 7.11 Å². The van der Waals surface area contributed by atoms with Crippen molar-refractivity contribution in [3.05, 3.63) is 65.2 Å². The Balaban J connectivity index is 1.52. The number of ketones is 1. The number of ether oxygens (including phenoxy) is 1. The Hall–Kier alpha value is -2.17. The Morgan fingerprint density at radius 3 is 2.20 bits per heavy atom. The van der Waals surface area contributed by atoms with Gasteiger partial charge in [0.05, 0.1) is 13.7 Å². The van der Waals surface area contributed by atoms with Gasteiger partial charge in [0.25, 0.3) is 0 Å². The van der Waals surface area contributed by atoms with Crippen LogP contribution in [-0.2, 0) is 13.2 Å². The highest BCUT2D eigenvalue weighted by molar-refractivity contribution is 5.98. The number of aliphatic hydroxyl groups excluding tert-OH is 1. The minimum absolute atomic E-state index is 0.0825. The lowest BCUT2D eigenvalue weighted by molar-refractivity contribution is 0.0835. The van der Waals surface area contributed by atoms with Crippen molar-refractivity contribution in [2.45, 2.75) is 26.0 Å². The Bertz CT molecular complexity index is 686. The normalized spacial score (nSPS) is 15.9.